The fourth-order valence-corrected chi connectivity index (χ4v) is 6.25. The van der Waals surface area contributed by atoms with Gasteiger partial charge >= 0.3 is 6.03 Å². The van der Waals surface area contributed by atoms with Crippen molar-refractivity contribution in [2.24, 2.45) is 5.73 Å². The number of nitrogens with zero attached hydrogens (tertiary/aromatic N) is 1. The van der Waals surface area contributed by atoms with Crippen molar-refractivity contribution in [1.29, 1.82) is 0 Å². The third kappa shape index (κ3) is 9.87. The van der Waals surface area contributed by atoms with E-state index < -0.39 is 11.9 Å². The number of carbonyl (C=O) groups is 4. The minimum absolute atomic E-state index is 0.0671. The monoisotopic (exact) mass is 513 g/mol. The van der Waals surface area contributed by atoms with Crippen molar-refractivity contribution in [3.63, 3.8) is 0 Å². The van der Waals surface area contributed by atoms with Crippen LogP contribution in [-0.4, -0.2) is 82.6 Å². The van der Waals surface area contributed by atoms with E-state index in [0.717, 1.165) is 44.3 Å². The van der Waals surface area contributed by atoms with Crippen LogP contribution in [0.15, 0.2) is 0 Å². The first kappa shape index (κ1) is 29.2. The van der Waals surface area contributed by atoms with Gasteiger partial charge in [0.05, 0.1) is 12.1 Å². The van der Waals surface area contributed by atoms with Crippen LogP contribution in [0.1, 0.15) is 77.6 Å². The molecule has 11 heteroatoms. The van der Waals surface area contributed by atoms with Gasteiger partial charge in [-0.1, -0.05) is 19.8 Å². The largest absolute Gasteiger partial charge is 0.396 e. The summed E-state index contributed by atoms with van der Waals surface area (Å²) in [6.45, 7) is 3.18. The second-order valence-electron chi connectivity index (χ2n) is 9.40. The Balaban J connectivity index is 1.90. The summed E-state index contributed by atoms with van der Waals surface area (Å²) in [5, 5.41) is 18.0. The number of hydrogen-bond acceptors (Lipinski definition) is 6. The van der Waals surface area contributed by atoms with Gasteiger partial charge in [0.2, 0.25) is 17.7 Å². The molecular weight excluding hydrogens is 470 g/mol. The Hall–Kier alpha value is -2.01. The summed E-state index contributed by atoms with van der Waals surface area (Å²) in [5.74, 6) is 0.143. The van der Waals surface area contributed by atoms with E-state index in [1.165, 1.54) is 0 Å². The topological polar surface area (TPSA) is 154 Å². The first-order chi connectivity index (χ1) is 16.9. The van der Waals surface area contributed by atoms with Crippen molar-refractivity contribution >= 4 is 35.5 Å². The first-order valence-electron chi connectivity index (χ1n) is 13.0. The van der Waals surface area contributed by atoms with Crippen molar-refractivity contribution in [2.45, 2.75) is 101 Å². The van der Waals surface area contributed by atoms with Crippen LogP contribution < -0.4 is 21.7 Å². The standard InChI is InChI=1S/C24H43N5O5S/c1-2-13-26-20(31)11-8-12-21(32)29(14-5-3-4-6-15-30)18(23(25)33)9-7-10-19-22-17(16-35-19)27-24(34)28-22/h17-19,22,30H,2-16H2,1H3,(H2,25,33)(H,26,31)(H2,27,28,34)/t17-,18?,19-,22-/m0/s1. The fraction of sp³-hybridized carbons (Fsp3) is 0.833. The molecule has 0 aliphatic carbocycles. The molecule has 0 saturated carbocycles. The zero-order valence-electron chi connectivity index (χ0n) is 20.9. The minimum Gasteiger partial charge on any atom is -0.396 e. The van der Waals surface area contributed by atoms with E-state index >= 15 is 0 Å². The number of thioether (sulfide) groups is 1. The van der Waals surface area contributed by atoms with E-state index in [2.05, 4.69) is 16.0 Å². The third-order valence-corrected chi connectivity index (χ3v) is 8.11. The summed E-state index contributed by atoms with van der Waals surface area (Å²) in [6.07, 6.45) is 6.93. The second-order valence-corrected chi connectivity index (χ2v) is 10.7. The SMILES string of the molecule is CCCNC(=O)CCCC(=O)N(CCCCCCO)C(CCC[C@@H]1SC[C@@H]2NC(=O)N[C@@H]21)C(N)=O. The quantitative estimate of drug-likeness (QED) is 0.137. The highest BCUT2D eigenvalue weighted by Crippen LogP contribution is 2.33. The molecule has 4 atom stereocenters. The van der Waals surface area contributed by atoms with Crippen LogP contribution in [0.5, 0.6) is 0 Å². The smallest absolute Gasteiger partial charge is 0.315 e. The van der Waals surface area contributed by atoms with Gasteiger partial charge in [0.25, 0.3) is 0 Å². The van der Waals surface area contributed by atoms with E-state index in [1.807, 2.05) is 18.7 Å². The number of nitrogens with two attached hydrogens (primary N) is 1. The Morgan fingerprint density at radius 1 is 1.14 bits per heavy atom. The van der Waals surface area contributed by atoms with E-state index in [1.54, 1.807) is 4.90 Å². The Labute approximate surface area is 212 Å². The molecule has 0 spiro atoms. The van der Waals surface area contributed by atoms with Crippen molar-refractivity contribution in [3.05, 3.63) is 0 Å². The van der Waals surface area contributed by atoms with Crippen LogP contribution in [0.25, 0.3) is 0 Å². The van der Waals surface area contributed by atoms with Gasteiger partial charge in [0.1, 0.15) is 6.04 Å². The minimum atomic E-state index is -0.687. The van der Waals surface area contributed by atoms with Gasteiger partial charge < -0.3 is 31.7 Å². The Bertz CT molecular complexity index is 710. The summed E-state index contributed by atoms with van der Waals surface area (Å²) in [6, 6.07) is -0.562. The molecule has 0 aromatic rings. The lowest BCUT2D eigenvalue weighted by molar-refractivity contribution is -0.140. The van der Waals surface area contributed by atoms with E-state index in [-0.39, 0.29) is 54.6 Å². The van der Waals surface area contributed by atoms with Gasteiger partial charge in [0, 0.05) is 43.5 Å². The predicted molar refractivity (Wildman–Crippen MR) is 137 cm³/mol. The fourth-order valence-electron chi connectivity index (χ4n) is 4.71. The summed E-state index contributed by atoms with van der Waals surface area (Å²) < 4.78 is 0. The number of rotatable bonds is 18. The Morgan fingerprint density at radius 2 is 1.91 bits per heavy atom. The van der Waals surface area contributed by atoms with Gasteiger partial charge in [-0.2, -0.15) is 11.8 Å². The molecule has 2 fully saturated rings. The van der Waals surface area contributed by atoms with Gasteiger partial charge in [-0.05, 0) is 44.9 Å². The maximum atomic E-state index is 13.1. The number of hydrogen-bond donors (Lipinski definition) is 5. The highest BCUT2D eigenvalue weighted by Gasteiger charge is 2.42. The molecular formula is C24H43N5O5S. The van der Waals surface area contributed by atoms with Crippen LogP contribution in [-0.2, 0) is 14.4 Å². The molecule has 2 rings (SSSR count). The van der Waals surface area contributed by atoms with Gasteiger partial charge in [-0.15, -0.1) is 0 Å². The normalized spacial score (nSPS) is 21.7. The zero-order chi connectivity index (χ0) is 25.6. The number of aliphatic hydroxyl groups is 1. The van der Waals surface area contributed by atoms with Crippen molar-refractivity contribution in [3.8, 4) is 0 Å². The molecule has 0 bridgehead atoms. The lowest BCUT2D eigenvalue weighted by Crippen LogP contribution is -2.48. The Kier molecular flexibility index (Phi) is 13.3. The number of carbonyl (C=O) groups excluding carboxylic acids is 4. The Morgan fingerprint density at radius 3 is 2.63 bits per heavy atom. The maximum Gasteiger partial charge on any atom is 0.315 e. The molecule has 5 amide bonds. The number of fused-ring (bicyclic) bond motifs is 1. The second kappa shape index (κ2) is 15.9. The lowest BCUT2D eigenvalue weighted by Gasteiger charge is -2.30. The summed E-state index contributed by atoms with van der Waals surface area (Å²) >= 11 is 1.82. The number of aliphatic hydroxyl groups excluding tert-OH is 1. The maximum absolute atomic E-state index is 13.1. The average molecular weight is 514 g/mol. The summed E-state index contributed by atoms with van der Waals surface area (Å²) in [7, 11) is 0. The number of amides is 5. The molecule has 2 aliphatic heterocycles. The molecule has 0 aromatic heterocycles. The number of nitrogens with one attached hydrogen (secondary N) is 3. The van der Waals surface area contributed by atoms with E-state index in [4.69, 9.17) is 10.8 Å². The highest BCUT2D eigenvalue weighted by atomic mass is 32.2. The molecule has 2 heterocycles. The zero-order valence-corrected chi connectivity index (χ0v) is 21.7. The molecule has 200 valence electrons. The molecule has 35 heavy (non-hydrogen) atoms. The number of unbranched alkanes of at least 4 members (excludes halogenated alkanes) is 3. The molecule has 6 N–H and O–H groups in total. The van der Waals surface area contributed by atoms with Crippen molar-refractivity contribution in [2.75, 3.05) is 25.4 Å². The molecule has 1 unspecified atom stereocenters. The van der Waals surface area contributed by atoms with Crippen molar-refractivity contribution < 1.29 is 24.3 Å². The number of primary amides is 1. The van der Waals surface area contributed by atoms with E-state index in [9.17, 15) is 19.2 Å². The van der Waals surface area contributed by atoms with E-state index in [0.29, 0.717) is 32.4 Å². The lowest BCUT2D eigenvalue weighted by atomic mass is 10.00. The first-order valence-corrected chi connectivity index (χ1v) is 14.1. The predicted octanol–water partition coefficient (Wildman–Crippen LogP) is 1.25. The summed E-state index contributed by atoms with van der Waals surface area (Å²) in [5.41, 5.74) is 5.75. The van der Waals surface area contributed by atoms with Crippen molar-refractivity contribution in [1.82, 2.24) is 20.9 Å². The van der Waals surface area contributed by atoms with Crippen LogP contribution in [0.2, 0.25) is 0 Å². The molecule has 2 saturated heterocycles. The van der Waals surface area contributed by atoms with Crippen LogP contribution in [0.4, 0.5) is 4.79 Å². The van der Waals surface area contributed by atoms with Gasteiger partial charge in [0.15, 0.2) is 0 Å². The van der Waals surface area contributed by atoms with Gasteiger partial charge in [-0.25, -0.2) is 4.79 Å². The molecule has 2 aliphatic rings. The van der Waals surface area contributed by atoms with Gasteiger partial charge in [-0.3, -0.25) is 14.4 Å². The highest BCUT2D eigenvalue weighted by molar-refractivity contribution is 8.00. The molecule has 0 aromatic carbocycles. The summed E-state index contributed by atoms with van der Waals surface area (Å²) in [4.78, 5) is 50.6. The van der Waals surface area contributed by atoms with Crippen LogP contribution >= 0.6 is 11.8 Å². The third-order valence-electron chi connectivity index (χ3n) is 6.60. The average Bonchev–Trinajstić information content (AvgIpc) is 3.37. The number of urea groups is 1. The molecule has 0 radical (unpaired) electrons. The molecule has 10 nitrogen and oxygen atoms in total. The van der Waals surface area contributed by atoms with Crippen LogP contribution in [0, 0.1) is 0 Å². The van der Waals surface area contributed by atoms with Crippen LogP contribution in [0.3, 0.4) is 0 Å².